The monoisotopic (exact) mass is 276 g/mol. The molecule has 0 amide bonds. The Morgan fingerprint density at radius 2 is 2.30 bits per heavy atom. The predicted octanol–water partition coefficient (Wildman–Crippen LogP) is 3.49. The van der Waals surface area contributed by atoms with Crippen LogP contribution in [0.2, 0.25) is 0 Å². The van der Waals surface area contributed by atoms with Gasteiger partial charge in [0.05, 0.1) is 4.92 Å². The van der Waals surface area contributed by atoms with Crippen molar-refractivity contribution < 1.29 is 4.92 Å². The maximum Gasteiger partial charge on any atom is 0.328 e. The van der Waals surface area contributed by atoms with Crippen LogP contribution in [0.25, 0.3) is 0 Å². The van der Waals surface area contributed by atoms with Crippen LogP contribution in [0.15, 0.2) is 12.3 Å². The lowest BCUT2D eigenvalue weighted by molar-refractivity contribution is -0.384. The van der Waals surface area contributed by atoms with Crippen molar-refractivity contribution in [3.8, 4) is 6.07 Å². The number of nitrogens with one attached hydrogen (secondary N) is 1. The zero-order chi connectivity index (χ0) is 15.0. The minimum atomic E-state index is -0.555. The van der Waals surface area contributed by atoms with Crippen LogP contribution in [0.3, 0.4) is 0 Å². The van der Waals surface area contributed by atoms with Gasteiger partial charge in [-0.3, -0.25) is 10.1 Å². The first-order valence-corrected chi connectivity index (χ1v) is 6.91. The molecule has 1 N–H and O–H groups in total. The molecule has 0 fully saturated rings. The second kappa shape index (κ2) is 8.10. The van der Waals surface area contributed by atoms with Crippen molar-refractivity contribution in [1.82, 2.24) is 4.98 Å². The average Bonchev–Trinajstić information content (AvgIpc) is 2.46. The van der Waals surface area contributed by atoms with Gasteiger partial charge in [-0.05, 0) is 18.4 Å². The molecule has 6 heteroatoms. The van der Waals surface area contributed by atoms with Crippen molar-refractivity contribution >= 4 is 11.5 Å². The Hall–Kier alpha value is -2.16. The molecule has 0 saturated carbocycles. The summed E-state index contributed by atoms with van der Waals surface area (Å²) in [6.07, 6.45) is 5.80. The van der Waals surface area contributed by atoms with Crippen molar-refractivity contribution in [1.29, 1.82) is 5.26 Å². The van der Waals surface area contributed by atoms with Gasteiger partial charge in [-0.15, -0.1) is 0 Å². The van der Waals surface area contributed by atoms with Crippen molar-refractivity contribution in [2.24, 2.45) is 5.92 Å². The topological polar surface area (TPSA) is 91.8 Å². The van der Waals surface area contributed by atoms with Crippen LogP contribution < -0.4 is 5.32 Å². The number of nitro groups is 1. The Morgan fingerprint density at radius 3 is 2.85 bits per heavy atom. The Labute approximate surface area is 119 Å². The first-order chi connectivity index (χ1) is 9.63. The van der Waals surface area contributed by atoms with Gasteiger partial charge in [0.2, 0.25) is 5.82 Å². The van der Waals surface area contributed by atoms with Crippen molar-refractivity contribution in [3.05, 3.63) is 27.9 Å². The van der Waals surface area contributed by atoms with Gasteiger partial charge in [-0.2, -0.15) is 5.26 Å². The van der Waals surface area contributed by atoms with Crippen LogP contribution >= 0.6 is 0 Å². The third-order valence-corrected chi connectivity index (χ3v) is 3.33. The van der Waals surface area contributed by atoms with Crippen LogP contribution in [-0.2, 0) is 0 Å². The first kappa shape index (κ1) is 15.9. The van der Waals surface area contributed by atoms with Crippen molar-refractivity contribution in [2.45, 2.75) is 39.5 Å². The normalized spacial score (nSPS) is 11.7. The smallest absolute Gasteiger partial charge is 0.328 e. The number of hydrogen-bond donors (Lipinski definition) is 1. The van der Waals surface area contributed by atoms with Crippen LogP contribution in [0.4, 0.5) is 11.5 Å². The van der Waals surface area contributed by atoms with E-state index in [4.69, 9.17) is 5.26 Å². The molecular formula is C14H20N4O2. The predicted molar refractivity (Wildman–Crippen MR) is 77.4 cm³/mol. The van der Waals surface area contributed by atoms with Gasteiger partial charge in [0.15, 0.2) is 0 Å². The average molecular weight is 276 g/mol. The lowest BCUT2D eigenvalue weighted by Gasteiger charge is -2.15. The zero-order valence-corrected chi connectivity index (χ0v) is 11.9. The van der Waals surface area contributed by atoms with E-state index in [2.05, 4.69) is 24.1 Å². The summed E-state index contributed by atoms with van der Waals surface area (Å²) < 4.78 is 0. The molecule has 1 unspecified atom stereocenters. The molecule has 20 heavy (non-hydrogen) atoms. The fourth-order valence-corrected chi connectivity index (χ4v) is 2.04. The molecule has 0 aliphatic carbocycles. The van der Waals surface area contributed by atoms with E-state index in [1.54, 1.807) is 0 Å². The molecule has 1 atom stereocenters. The van der Waals surface area contributed by atoms with Crippen molar-refractivity contribution in [2.75, 3.05) is 11.9 Å². The van der Waals surface area contributed by atoms with E-state index in [-0.39, 0.29) is 17.1 Å². The highest BCUT2D eigenvalue weighted by molar-refractivity contribution is 5.64. The highest BCUT2D eigenvalue weighted by Gasteiger charge is 2.21. The number of anilines is 1. The largest absolute Gasteiger partial charge is 0.364 e. The van der Waals surface area contributed by atoms with Crippen LogP contribution in [0.5, 0.6) is 0 Å². The number of hydrogen-bond acceptors (Lipinski definition) is 5. The third-order valence-electron chi connectivity index (χ3n) is 3.33. The van der Waals surface area contributed by atoms with Crippen LogP contribution in [0.1, 0.15) is 45.1 Å². The van der Waals surface area contributed by atoms with Crippen molar-refractivity contribution in [3.63, 3.8) is 0 Å². The van der Waals surface area contributed by atoms with E-state index < -0.39 is 4.92 Å². The molecule has 0 radical (unpaired) electrons. The molecular weight excluding hydrogens is 256 g/mol. The molecule has 0 aliphatic rings. The van der Waals surface area contributed by atoms with E-state index in [1.807, 2.05) is 6.07 Å². The zero-order valence-electron chi connectivity index (χ0n) is 11.9. The molecule has 0 aliphatic heterocycles. The van der Waals surface area contributed by atoms with Crippen LogP contribution in [0, 0.1) is 27.4 Å². The Morgan fingerprint density at radius 1 is 1.55 bits per heavy atom. The maximum absolute atomic E-state index is 11.1. The molecule has 6 nitrogen and oxygen atoms in total. The van der Waals surface area contributed by atoms with Gasteiger partial charge in [-0.25, -0.2) is 4.98 Å². The first-order valence-electron chi connectivity index (χ1n) is 6.91. The molecule has 0 spiro atoms. The summed E-state index contributed by atoms with van der Waals surface area (Å²) in [5.41, 5.74) is -0.200. The molecule has 1 aromatic rings. The fourth-order valence-electron chi connectivity index (χ4n) is 2.04. The molecule has 1 heterocycles. The lowest BCUT2D eigenvalue weighted by atomic mass is 9.99. The fraction of sp³-hybridized carbons (Fsp3) is 0.571. The highest BCUT2D eigenvalue weighted by atomic mass is 16.6. The molecule has 1 aromatic heterocycles. The second-order valence-electron chi connectivity index (χ2n) is 4.72. The number of pyridine rings is 1. The summed E-state index contributed by atoms with van der Waals surface area (Å²) in [6.45, 7) is 4.89. The van der Waals surface area contributed by atoms with Gasteiger partial charge in [-0.1, -0.05) is 33.1 Å². The minimum absolute atomic E-state index is 0.0362. The standard InChI is InChI=1S/C14H20N4O2/c1-3-5-6-11(4-2)10-17-14-13(18(19)20)12(9-15)7-8-16-14/h7-8,11H,3-6,10H2,1-2H3,(H,16,17). The van der Waals surface area contributed by atoms with Gasteiger partial charge in [0, 0.05) is 12.7 Å². The molecule has 0 saturated heterocycles. The van der Waals surface area contributed by atoms with Gasteiger partial charge >= 0.3 is 5.69 Å². The SMILES string of the molecule is CCCCC(CC)CNc1nccc(C#N)c1[N+](=O)[O-]. The molecule has 1 rings (SSSR count). The second-order valence-corrected chi connectivity index (χ2v) is 4.72. The Kier molecular flexibility index (Phi) is 6.44. The van der Waals surface area contributed by atoms with E-state index in [9.17, 15) is 10.1 Å². The Balaban J connectivity index is 2.82. The van der Waals surface area contributed by atoms with E-state index in [0.717, 1.165) is 25.7 Å². The number of unbranched alkanes of at least 4 members (excludes halogenated alkanes) is 1. The molecule has 0 bridgehead atoms. The van der Waals surface area contributed by atoms with E-state index in [1.165, 1.54) is 12.3 Å². The summed E-state index contributed by atoms with van der Waals surface area (Å²) in [4.78, 5) is 14.5. The number of aromatic nitrogens is 1. The van der Waals surface area contributed by atoms with E-state index in [0.29, 0.717) is 12.5 Å². The summed E-state index contributed by atoms with van der Waals surface area (Å²) in [5, 5.41) is 23.0. The summed E-state index contributed by atoms with van der Waals surface area (Å²) >= 11 is 0. The lowest BCUT2D eigenvalue weighted by Crippen LogP contribution is -2.15. The summed E-state index contributed by atoms with van der Waals surface area (Å²) in [6, 6.07) is 3.19. The van der Waals surface area contributed by atoms with Gasteiger partial charge in [0.25, 0.3) is 0 Å². The van der Waals surface area contributed by atoms with Gasteiger partial charge in [0.1, 0.15) is 11.6 Å². The molecule has 0 aromatic carbocycles. The van der Waals surface area contributed by atoms with Gasteiger partial charge < -0.3 is 5.32 Å². The Bertz CT molecular complexity index is 496. The maximum atomic E-state index is 11.1. The molecule has 108 valence electrons. The minimum Gasteiger partial charge on any atom is -0.364 e. The quantitative estimate of drug-likeness (QED) is 0.579. The van der Waals surface area contributed by atoms with Crippen LogP contribution in [-0.4, -0.2) is 16.5 Å². The summed E-state index contributed by atoms with van der Waals surface area (Å²) in [7, 11) is 0. The highest BCUT2D eigenvalue weighted by Crippen LogP contribution is 2.26. The number of nitriles is 1. The third kappa shape index (κ3) is 4.19. The number of rotatable bonds is 8. The van der Waals surface area contributed by atoms with E-state index >= 15 is 0 Å². The number of nitrogens with zero attached hydrogens (tertiary/aromatic N) is 3. The summed E-state index contributed by atoms with van der Waals surface area (Å²) in [5.74, 6) is 0.645.